The Labute approximate surface area is 118 Å². The standard InChI is InChI=1S/C14H21N3O3/c1-10-9-11(4-5-13(19)20)16-14(15-10)12-3-2-6-17(12)7-8-18/h9,12,18H,2-8H2,1H3,(H,19,20)/t12-/m0/s1. The molecule has 1 aromatic heterocycles. The van der Waals surface area contributed by atoms with Crippen LogP contribution in [0.2, 0.25) is 0 Å². The molecular weight excluding hydrogens is 258 g/mol. The van der Waals surface area contributed by atoms with Crippen LogP contribution in [0.15, 0.2) is 6.07 Å². The first kappa shape index (κ1) is 14.9. The summed E-state index contributed by atoms with van der Waals surface area (Å²) >= 11 is 0. The number of aliphatic hydroxyl groups is 1. The maximum absolute atomic E-state index is 10.7. The summed E-state index contributed by atoms with van der Waals surface area (Å²) < 4.78 is 0. The molecule has 20 heavy (non-hydrogen) atoms. The molecule has 110 valence electrons. The summed E-state index contributed by atoms with van der Waals surface area (Å²) in [4.78, 5) is 21.9. The van der Waals surface area contributed by atoms with Crippen molar-refractivity contribution in [3.8, 4) is 0 Å². The summed E-state index contributed by atoms with van der Waals surface area (Å²) in [7, 11) is 0. The third kappa shape index (κ3) is 3.74. The molecule has 2 rings (SSSR count). The van der Waals surface area contributed by atoms with Crippen LogP contribution in [-0.4, -0.2) is 50.7 Å². The van der Waals surface area contributed by atoms with Crippen molar-refractivity contribution in [2.24, 2.45) is 0 Å². The van der Waals surface area contributed by atoms with E-state index in [0.717, 1.165) is 36.6 Å². The Morgan fingerprint density at radius 1 is 1.50 bits per heavy atom. The highest BCUT2D eigenvalue weighted by Crippen LogP contribution is 2.29. The minimum atomic E-state index is -0.814. The van der Waals surface area contributed by atoms with Gasteiger partial charge in [-0.3, -0.25) is 9.69 Å². The zero-order valence-electron chi connectivity index (χ0n) is 11.7. The maximum Gasteiger partial charge on any atom is 0.303 e. The van der Waals surface area contributed by atoms with Gasteiger partial charge in [-0.1, -0.05) is 0 Å². The van der Waals surface area contributed by atoms with E-state index in [4.69, 9.17) is 10.2 Å². The zero-order chi connectivity index (χ0) is 14.5. The maximum atomic E-state index is 10.7. The molecule has 1 saturated heterocycles. The largest absolute Gasteiger partial charge is 0.481 e. The van der Waals surface area contributed by atoms with E-state index >= 15 is 0 Å². The lowest BCUT2D eigenvalue weighted by Crippen LogP contribution is -2.28. The van der Waals surface area contributed by atoms with Gasteiger partial charge in [-0.15, -0.1) is 0 Å². The number of hydrogen-bond acceptors (Lipinski definition) is 5. The van der Waals surface area contributed by atoms with Crippen molar-refractivity contribution in [3.05, 3.63) is 23.3 Å². The number of aryl methyl sites for hydroxylation is 2. The fourth-order valence-electron chi connectivity index (χ4n) is 2.69. The summed E-state index contributed by atoms with van der Waals surface area (Å²) in [5.41, 5.74) is 1.65. The molecule has 2 heterocycles. The number of aliphatic hydroxyl groups excluding tert-OH is 1. The molecule has 0 spiro atoms. The van der Waals surface area contributed by atoms with Crippen LogP contribution in [0.4, 0.5) is 0 Å². The lowest BCUT2D eigenvalue weighted by atomic mass is 10.1. The number of rotatable bonds is 6. The molecule has 1 atom stereocenters. The van der Waals surface area contributed by atoms with Crippen LogP contribution in [-0.2, 0) is 11.2 Å². The van der Waals surface area contributed by atoms with Crippen LogP contribution < -0.4 is 0 Å². The lowest BCUT2D eigenvalue weighted by Gasteiger charge is -2.22. The first-order chi connectivity index (χ1) is 9.60. The highest BCUT2D eigenvalue weighted by molar-refractivity contribution is 5.66. The summed E-state index contributed by atoms with van der Waals surface area (Å²) in [5, 5.41) is 17.9. The van der Waals surface area contributed by atoms with Gasteiger partial charge >= 0.3 is 5.97 Å². The Morgan fingerprint density at radius 3 is 3.00 bits per heavy atom. The quantitative estimate of drug-likeness (QED) is 0.805. The molecule has 6 nitrogen and oxygen atoms in total. The van der Waals surface area contributed by atoms with Crippen molar-refractivity contribution in [1.29, 1.82) is 0 Å². The summed E-state index contributed by atoms with van der Waals surface area (Å²) in [6, 6.07) is 1.99. The molecule has 0 aromatic carbocycles. The van der Waals surface area contributed by atoms with E-state index in [2.05, 4.69) is 14.9 Å². The molecule has 1 aliphatic heterocycles. The van der Waals surface area contributed by atoms with E-state index in [9.17, 15) is 4.79 Å². The van der Waals surface area contributed by atoms with Gasteiger partial charge in [0.2, 0.25) is 0 Å². The van der Waals surface area contributed by atoms with E-state index in [1.807, 2.05) is 13.0 Å². The molecule has 0 bridgehead atoms. The van der Waals surface area contributed by atoms with Crippen molar-refractivity contribution in [1.82, 2.24) is 14.9 Å². The van der Waals surface area contributed by atoms with E-state index < -0.39 is 5.97 Å². The van der Waals surface area contributed by atoms with Crippen molar-refractivity contribution >= 4 is 5.97 Å². The van der Waals surface area contributed by atoms with Crippen LogP contribution in [0.3, 0.4) is 0 Å². The second-order valence-electron chi connectivity index (χ2n) is 5.17. The Balaban J connectivity index is 2.16. The highest BCUT2D eigenvalue weighted by atomic mass is 16.4. The number of carboxylic acid groups (broad SMARTS) is 1. The highest BCUT2D eigenvalue weighted by Gasteiger charge is 2.28. The third-order valence-corrected chi connectivity index (χ3v) is 3.57. The number of likely N-dealkylation sites (tertiary alicyclic amines) is 1. The van der Waals surface area contributed by atoms with Crippen LogP contribution >= 0.6 is 0 Å². The topological polar surface area (TPSA) is 86.5 Å². The van der Waals surface area contributed by atoms with Gasteiger partial charge in [0.05, 0.1) is 19.1 Å². The minimum Gasteiger partial charge on any atom is -0.481 e. The molecule has 6 heteroatoms. The normalized spacial score (nSPS) is 19.4. The third-order valence-electron chi connectivity index (χ3n) is 3.57. The Morgan fingerprint density at radius 2 is 2.30 bits per heavy atom. The number of carbonyl (C=O) groups is 1. The van der Waals surface area contributed by atoms with Gasteiger partial charge in [0.25, 0.3) is 0 Å². The molecule has 0 amide bonds. The SMILES string of the molecule is Cc1cc(CCC(=O)O)nc([C@@H]2CCCN2CCO)n1. The summed E-state index contributed by atoms with van der Waals surface area (Å²) in [6.45, 7) is 3.62. The number of β-amino-alcohol motifs (C(OH)–C–C–N with tert-alkyl or cyclic N) is 1. The Hall–Kier alpha value is -1.53. The smallest absolute Gasteiger partial charge is 0.303 e. The molecule has 0 aliphatic carbocycles. The van der Waals surface area contributed by atoms with Crippen molar-refractivity contribution in [3.63, 3.8) is 0 Å². The molecule has 0 saturated carbocycles. The van der Waals surface area contributed by atoms with Gasteiger partial charge in [0.1, 0.15) is 5.82 Å². The molecule has 1 aliphatic rings. The Bertz CT molecular complexity index is 479. The van der Waals surface area contributed by atoms with Gasteiger partial charge in [0, 0.05) is 24.4 Å². The number of nitrogens with zero attached hydrogens (tertiary/aromatic N) is 3. The number of aliphatic carboxylic acids is 1. The average molecular weight is 279 g/mol. The second-order valence-corrected chi connectivity index (χ2v) is 5.17. The van der Waals surface area contributed by atoms with Crippen LogP contribution in [0.5, 0.6) is 0 Å². The second kappa shape index (κ2) is 6.76. The summed E-state index contributed by atoms with van der Waals surface area (Å²) in [6.07, 6.45) is 2.58. The van der Waals surface area contributed by atoms with Crippen molar-refractivity contribution < 1.29 is 15.0 Å². The molecular formula is C14H21N3O3. The zero-order valence-corrected chi connectivity index (χ0v) is 11.7. The van der Waals surface area contributed by atoms with Crippen molar-refractivity contribution in [2.75, 3.05) is 19.7 Å². The van der Waals surface area contributed by atoms with Gasteiger partial charge in [-0.05, 0) is 32.4 Å². The molecule has 0 unspecified atom stereocenters. The van der Waals surface area contributed by atoms with Crippen LogP contribution in [0.25, 0.3) is 0 Å². The van der Waals surface area contributed by atoms with E-state index in [1.54, 1.807) is 0 Å². The molecule has 1 aromatic rings. The fraction of sp³-hybridized carbons (Fsp3) is 0.643. The lowest BCUT2D eigenvalue weighted by molar-refractivity contribution is -0.136. The minimum absolute atomic E-state index is 0.0842. The van der Waals surface area contributed by atoms with Crippen LogP contribution in [0.1, 0.15) is 42.5 Å². The van der Waals surface area contributed by atoms with Gasteiger partial charge in [0.15, 0.2) is 0 Å². The molecule has 1 fully saturated rings. The molecule has 0 radical (unpaired) electrons. The predicted molar refractivity (Wildman–Crippen MR) is 73.4 cm³/mol. The van der Waals surface area contributed by atoms with E-state index in [1.165, 1.54) is 0 Å². The van der Waals surface area contributed by atoms with Crippen LogP contribution in [0, 0.1) is 6.92 Å². The number of hydrogen-bond donors (Lipinski definition) is 2. The van der Waals surface area contributed by atoms with E-state index in [0.29, 0.717) is 13.0 Å². The number of carboxylic acids is 1. The monoisotopic (exact) mass is 279 g/mol. The summed E-state index contributed by atoms with van der Waals surface area (Å²) in [5.74, 6) is -0.0538. The first-order valence-electron chi connectivity index (χ1n) is 7.01. The molecule has 2 N–H and O–H groups in total. The van der Waals surface area contributed by atoms with Gasteiger partial charge in [-0.2, -0.15) is 0 Å². The fourth-order valence-corrected chi connectivity index (χ4v) is 2.69. The Kier molecular flexibility index (Phi) is 5.03. The van der Waals surface area contributed by atoms with Gasteiger partial charge in [-0.25, -0.2) is 9.97 Å². The predicted octanol–water partition coefficient (Wildman–Crippen LogP) is 0.931. The first-order valence-corrected chi connectivity index (χ1v) is 7.01. The number of aromatic nitrogens is 2. The van der Waals surface area contributed by atoms with Crippen molar-refractivity contribution in [2.45, 2.75) is 38.6 Å². The van der Waals surface area contributed by atoms with Gasteiger partial charge < -0.3 is 10.2 Å². The average Bonchev–Trinajstić information content (AvgIpc) is 2.84. The van der Waals surface area contributed by atoms with E-state index in [-0.39, 0.29) is 19.1 Å².